The van der Waals surface area contributed by atoms with Gasteiger partial charge in [0.25, 0.3) is 0 Å². The van der Waals surface area contributed by atoms with Gasteiger partial charge in [0.05, 0.1) is 0 Å². The molecule has 0 aromatic heterocycles. The zero-order valence-corrected chi connectivity index (χ0v) is 8.35. The minimum Gasteiger partial charge on any atom is -0.396 e. The monoisotopic (exact) mass is 195 g/mol. The molecule has 5 heteroatoms. The van der Waals surface area contributed by atoms with Gasteiger partial charge in [0.2, 0.25) is 13.9 Å². The molecule has 2 atom stereocenters. The van der Waals surface area contributed by atoms with Crippen LogP contribution in [0, 0.1) is 0 Å². The normalized spacial score (nSPS) is 14.9. The van der Waals surface area contributed by atoms with E-state index >= 15 is 0 Å². The van der Waals surface area contributed by atoms with Crippen LogP contribution in [-0.2, 0) is 9.13 Å². The van der Waals surface area contributed by atoms with Crippen molar-refractivity contribution in [2.45, 2.75) is 24.7 Å². The molecule has 1 N–H and O–H groups in total. The van der Waals surface area contributed by atoms with E-state index in [4.69, 9.17) is 5.11 Å². The number of aliphatic hydroxyl groups excluding tert-OH is 1. The van der Waals surface area contributed by atoms with E-state index in [2.05, 4.69) is 0 Å². The highest BCUT2D eigenvalue weighted by Gasteiger charge is 2.24. The van der Waals surface area contributed by atoms with E-state index in [0.29, 0.717) is 12.8 Å². The van der Waals surface area contributed by atoms with Crippen molar-refractivity contribution in [3.63, 3.8) is 0 Å². The molecular weight excluding hydrogens is 182 g/mol. The first-order valence-electron chi connectivity index (χ1n) is 3.55. The van der Waals surface area contributed by atoms with E-state index in [0.717, 1.165) is 6.42 Å². The summed E-state index contributed by atoms with van der Waals surface area (Å²) in [6, 6.07) is 0. The van der Waals surface area contributed by atoms with Crippen LogP contribution in [0.5, 0.6) is 0 Å². The van der Waals surface area contributed by atoms with Crippen LogP contribution in [0.25, 0.3) is 0 Å². The Labute approximate surface area is 69.2 Å². The van der Waals surface area contributed by atoms with E-state index < -0.39 is 7.80 Å². The molecule has 0 amide bonds. The number of hydrogen-bond donors (Lipinski definition) is 1. The standard InChI is InChI=1S/C6H13O3P2/c1-11(9)6(10-8)4-2-3-5-7/h6-7H,2-5H2,1H3/q+1. The minimum absolute atomic E-state index is 0.0309. The Morgan fingerprint density at radius 1 is 1.55 bits per heavy atom. The number of hydrogen-bond acceptors (Lipinski definition) is 3. The van der Waals surface area contributed by atoms with Crippen LogP contribution in [0.4, 0.5) is 0 Å². The van der Waals surface area contributed by atoms with Gasteiger partial charge in [-0.1, -0.05) is 4.57 Å². The molecule has 0 saturated heterocycles. The molecule has 0 saturated carbocycles. The van der Waals surface area contributed by atoms with Gasteiger partial charge < -0.3 is 5.11 Å². The lowest BCUT2D eigenvalue weighted by molar-refractivity contribution is 0.283. The first-order valence-corrected chi connectivity index (χ1v) is 6.21. The van der Waals surface area contributed by atoms with Crippen LogP contribution in [0.3, 0.4) is 0 Å². The molecule has 0 heterocycles. The lowest BCUT2D eigenvalue weighted by Gasteiger charge is -1.95. The quantitative estimate of drug-likeness (QED) is 0.522. The highest BCUT2D eigenvalue weighted by Crippen LogP contribution is 2.35. The summed E-state index contributed by atoms with van der Waals surface area (Å²) < 4.78 is 21.2. The van der Waals surface area contributed by atoms with Crippen LogP contribution < -0.4 is 0 Å². The molecule has 0 bridgehead atoms. The van der Waals surface area contributed by atoms with Crippen molar-refractivity contribution < 1.29 is 14.2 Å². The predicted molar refractivity (Wildman–Crippen MR) is 45.9 cm³/mol. The molecule has 2 unspecified atom stereocenters. The molecule has 0 aliphatic rings. The van der Waals surface area contributed by atoms with E-state index in [9.17, 15) is 9.13 Å². The second-order valence-corrected chi connectivity index (χ2v) is 5.31. The number of rotatable bonds is 6. The first-order chi connectivity index (χ1) is 5.22. The average molecular weight is 195 g/mol. The van der Waals surface area contributed by atoms with E-state index in [1.807, 2.05) is 0 Å². The topological polar surface area (TPSA) is 54.4 Å². The lowest BCUT2D eigenvalue weighted by atomic mass is 10.3. The van der Waals surface area contributed by atoms with Crippen molar-refractivity contribution in [2.75, 3.05) is 13.3 Å². The van der Waals surface area contributed by atoms with Gasteiger partial charge in [-0.15, -0.1) is 0 Å². The third kappa shape index (κ3) is 5.43. The maximum atomic E-state index is 10.8. The fourth-order valence-electron chi connectivity index (χ4n) is 0.740. The third-order valence-corrected chi connectivity index (χ3v) is 4.27. The van der Waals surface area contributed by atoms with E-state index in [-0.39, 0.29) is 20.5 Å². The summed E-state index contributed by atoms with van der Waals surface area (Å²) in [5, 5.41) is 8.23. The van der Waals surface area contributed by atoms with E-state index in [1.54, 1.807) is 6.66 Å². The van der Waals surface area contributed by atoms with Crippen LogP contribution in [0.1, 0.15) is 19.3 Å². The van der Waals surface area contributed by atoms with Crippen LogP contribution in [0.2, 0.25) is 0 Å². The molecule has 64 valence electrons. The third-order valence-electron chi connectivity index (χ3n) is 1.41. The molecule has 0 aromatic rings. The average Bonchev–Trinajstić information content (AvgIpc) is 1.97. The summed E-state index contributed by atoms with van der Waals surface area (Å²) in [6.07, 6.45) is 2.18. The van der Waals surface area contributed by atoms with Gasteiger partial charge in [0, 0.05) is 13.0 Å². The van der Waals surface area contributed by atoms with Crippen molar-refractivity contribution in [3.8, 4) is 0 Å². The SMILES string of the molecule is C[P+](=O)C(CCCCO)P=O. The molecule has 0 spiro atoms. The van der Waals surface area contributed by atoms with Crippen LogP contribution >= 0.6 is 16.3 Å². The molecule has 0 radical (unpaired) electrons. The zero-order valence-electron chi connectivity index (χ0n) is 6.56. The summed E-state index contributed by atoms with van der Waals surface area (Å²) in [7, 11) is -1.37. The Hall–Kier alpha value is 0.160. The molecule has 11 heavy (non-hydrogen) atoms. The maximum absolute atomic E-state index is 10.8. The van der Waals surface area contributed by atoms with Crippen molar-refractivity contribution in [1.82, 2.24) is 0 Å². The van der Waals surface area contributed by atoms with Crippen molar-refractivity contribution in [1.29, 1.82) is 0 Å². The summed E-state index contributed by atoms with van der Waals surface area (Å²) in [5.41, 5.74) is 0. The number of aliphatic hydroxyl groups is 1. The Bertz CT molecular complexity index is 138. The molecular formula is C6H13O3P2+. The fraction of sp³-hybridized carbons (Fsp3) is 1.00. The maximum Gasteiger partial charge on any atom is 0.350 e. The molecule has 0 rings (SSSR count). The number of unbranched alkanes of at least 4 members (excludes halogenated alkanes) is 1. The van der Waals surface area contributed by atoms with Crippen LogP contribution in [0.15, 0.2) is 0 Å². The predicted octanol–water partition coefficient (Wildman–Crippen LogP) is 2.22. The summed E-state index contributed by atoms with van der Waals surface area (Å²) in [4.78, 5) is 0. The molecule has 0 aliphatic carbocycles. The van der Waals surface area contributed by atoms with Gasteiger partial charge in [-0.25, -0.2) is 0 Å². The second kappa shape index (κ2) is 6.84. The lowest BCUT2D eigenvalue weighted by Crippen LogP contribution is -1.92. The molecule has 3 nitrogen and oxygen atoms in total. The van der Waals surface area contributed by atoms with Gasteiger partial charge in [-0.05, 0) is 12.8 Å². The second-order valence-electron chi connectivity index (χ2n) is 2.35. The molecule has 0 aromatic carbocycles. The Balaban J connectivity index is 3.52. The molecule has 0 fully saturated rings. The van der Waals surface area contributed by atoms with E-state index in [1.165, 1.54) is 0 Å². The van der Waals surface area contributed by atoms with Gasteiger partial charge in [-0.2, -0.15) is 0 Å². The largest absolute Gasteiger partial charge is 0.396 e. The summed E-state index contributed by atoms with van der Waals surface area (Å²) in [5.74, 6) is 0. The minimum atomic E-state index is -1.34. The fourth-order valence-corrected chi connectivity index (χ4v) is 2.10. The molecule has 0 aliphatic heterocycles. The van der Waals surface area contributed by atoms with Crippen molar-refractivity contribution >= 4 is 16.3 Å². The smallest absolute Gasteiger partial charge is 0.350 e. The highest BCUT2D eigenvalue weighted by atomic mass is 31.1. The first kappa shape index (κ1) is 11.2. The van der Waals surface area contributed by atoms with Crippen molar-refractivity contribution in [3.05, 3.63) is 0 Å². The highest BCUT2D eigenvalue weighted by molar-refractivity contribution is 7.56. The van der Waals surface area contributed by atoms with Gasteiger partial charge in [0.15, 0.2) is 0 Å². The van der Waals surface area contributed by atoms with Crippen LogP contribution in [-0.4, -0.2) is 23.8 Å². The summed E-state index contributed by atoms with van der Waals surface area (Å²) >= 11 is 0. The van der Waals surface area contributed by atoms with Gasteiger partial charge >= 0.3 is 7.80 Å². The van der Waals surface area contributed by atoms with Gasteiger partial charge in [0.1, 0.15) is 6.66 Å². The Morgan fingerprint density at radius 3 is 2.55 bits per heavy atom. The Morgan fingerprint density at radius 2 is 2.18 bits per heavy atom. The van der Waals surface area contributed by atoms with Crippen molar-refractivity contribution in [2.24, 2.45) is 0 Å². The Kier molecular flexibility index (Phi) is 6.94. The summed E-state index contributed by atoms with van der Waals surface area (Å²) in [6.45, 7) is 1.74. The van der Waals surface area contributed by atoms with Gasteiger partial charge in [-0.3, -0.25) is 4.57 Å². The zero-order chi connectivity index (χ0) is 8.69.